The van der Waals surface area contributed by atoms with Gasteiger partial charge in [0.2, 0.25) is 0 Å². The Balaban J connectivity index is 1.57. The Morgan fingerprint density at radius 2 is 1.82 bits per heavy atom. The van der Waals surface area contributed by atoms with Crippen LogP contribution in [0.2, 0.25) is 0 Å². The molecule has 1 N–H and O–H groups in total. The number of hydrogen-bond donors (Lipinski definition) is 1. The lowest BCUT2D eigenvalue weighted by Gasteiger charge is -2.29. The van der Waals surface area contributed by atoms with Crippen molar-refractivity contribution in [3.8, 4) is 0 Å². The Bertz CT molecular complexity index is 828. The van der Waals surface area contributed by atoms with Crippen LogP contribution in [0.15, 0.2) is 29.6 Å². The number of carbonyl (C=O) groups excluding carboxylic acids is 2. The first-order chi connectivity index (χ1) is 13.2. The van der Waals surface area contributed by atoms with Gasteiger partial charge >= 0.3 is 0 Å². The van der Waals surface area contributed by atoms with Gasteiger partial charge in [-0.1, -0.05) is 52.0 Å². The number of ketones is 1. The topological polar surface area (TPSA) is 62.3 Å². The highest BCUT2D eigenvalue weighted by atomic mass is 32.1. The monoisotopic (exact) mass is 399 g/mol. The van der Waals surface area contributed by atoms with E-state index in [9.17, 15) is 9.59 Å². The summed E-state index contributed by atoms with van der Waals surface area (Å²) < 4.78 is 0. The molecule has 0 saturated carbocycles. The van der Waals surface area contributed by atoms with Crippen LogP contribution in [0, 0.1) is 5.92 Å². The summed E-state index contributed by atoms with van der Waals surface area (Å²) in [6, 6.07) is 7.24. The Morgan fingerprint density at radius 1 is 1.18 bits per heavy atom. The zero-order valence-electron chi connectivity index (χ0n) is 17.1. The summed E-state index contributed by atoms with van der Waals surface area (Å²) in [7, 11) is 0. The maximum Gasteiger partial charge on any atom is 0.298 e. The van der Waals surface area contributed by atoms with E-state index in [4.69, 9.17) is 0 Å². The number of rotatable bonds is 5. The van der Waals surface area contributed by atoms with Crippen LogP contribution in [-0.4, -0.2) is 34.7 Å². The van der Waals surface area contributed by atoms with E-state index >= 15 is 0 Å². The zero-order chi connectivity index (χ0) is 20.3. The van der Waals surface area contributed by atoms with Gasteiger partial charge in [0, 0.05) is 17.5 Å². The zero-order valence-corrected chi connectivity index (χ0v) is 17.9. The molecule has 28 heavy (non-hydrogen) atoms. The lowest BCUT2D eigenvalue weighted by molar-refractivity contribution is -0.112. The predicted molar refractivity (Wildman–Crippen MR) is 114 cm³/mol. The van der Waals surface area contributed by atoms with E-state index in [1.54, 1.807) is 12.1 Å². The highest BCUT2D eigenvalue weighted by molar-refractivity contribution is 7.14. The second kappa shape index (κ2) is 8.53. The largest absolute Gasteiger partial charge is 0.298 e. The van der Waals surface area contributed by atoms with Crippen LogP contribution in [0.3, 0.4) is 0 Å². The highest BCUT2D eigenvalue weighted by Crippen LogP contribution is 2.23. The highest BCUT2D eigenvalue weighted by Gasteiger charge is 2.20. The number of carbonyl (C=O) groups is 2. The number of piperidine rings is 1. The van der Waals surface area contributed by atoms with Crippen LogP contribution < -0.4 is 5.32 Å². The summed E-state index contributed by atoms with van der Waals surface area (Å²) in [5.74, 6) is -0.386. The molecule has 6 heteroatoms. The molecule has 1 aromatic heterocycles. The first-order valence-electron chi connectivity index (χ1n) is 9.85. The number of anilines is 1. The van der Waals surface area contributed by atoms with Gasteiger partial charge in [-0.25, -0.2) is 4.98 Å². The minimum absolute atomic E-state index is 0.00746. The van der Waals surface area contributed by atoms with Gasteiger partial charge in [0.25, 0.3) is 11.7 Å². The van der Waals surface area contributed by atoms with Crippen molar-refractivity contribution in [1.29, 1.82) is 0 Å². The average Bonchev–Trinajstić information content (AvgIpc) is 3.09. The van der Waals surface area contributed by atoms with Crippen LogP contribution in [0.5, 0.6) is 0 Å². The van der Waals surface area contributed by atoms with Crippen LogP contribution in [0.4, 0.5) is 5.13 Å². The van der Waals surface area contributed by atoms with Crippen molar-refractivity contribution in [2.24, 2.45) is 5.92 Å². The Morgan fingerprint density at radius 3 is 2.43 bits per heavy atom. The van der Waals surface area contributed by atoms with Crippen molar-refractivity contribution in [2.75, 3.05) is 18.4 Å². The van der Waals surface area contributed by atoms with Crippen molar-refractivity contribution in [2.45, 2.75) is 52.5 Å². The molecule has 0 radical (unpaired) electrons. The summed E-state index contributed by atoms with van der Waals surface area (Å²) in [6.07, 6.45) is 2.44. The molecule has 0 spiro atoms. The van der Waals surface area contributed by atoms with Crippen molar-refractivity contribution >= 4 is 28.2 Å². The Labute approximate surface area is 171 Å². The summed E-state index contributed by atoms with van der Waals surface area (Å²) in [4.78, 5) is 31.6. The van der Waals surface area contributed by atoms with Gasteiger partial charge in [0.1, 0.15) is 0 Å². The number of likely N-dealkylation sites (tertiary alicyclic amines) is 1. The van der Waals surface area contributed by atoms with Gasteiger partial charge in [0.15, 0.2) is 5.13 Å². The first kappa shape index (κ1) is 20.7. The number of nitrogens with zero attached hydrogens (tertiary/aromatic N) is 2. The molecule has 1 fully saturated rings. The second-order valence-electron chi connectivity index (χ2n) is 8.71. The normalized spacial score (nSPS) is 16.1. The maximum atomic E-state index is 12.4. The van der Waals surface area contributed by atoms with Crippen molar-refractivity contribution in [3.05, 3.63) is 46.5 Å². The first-order valence-corrected chi connectivity index (χ1v) is 10.7. The summed E-state index contributed by atoms with van der Waals surface area (Å²) in [5, 5.41) is 5.08. The predicted octanol–water partition coefficient (Wildman–Crippen LogP) is 4.49. The van der Waals surface area contributed by atoms with Crippen LogP contribution in [0.25, 0.3) is 0 Å². The molecule has 1 saturated heterocycles. The van der Waals surface area contributed by atoms with E-state index in [1.165, 1.54) is 24.2 Å². The van der Waals surface area contributed by atoms with Crippen LogP contribution >= 0.6 is 11.3 Å². The van der Waals surface area contributed by atoms with Crippen molar-refractivity contribution < 1.29 is 9.59 Å². The molecule has 2 heterocycles. The number of aromatic nitrogens is 1. The van der Waals surface area contributed by atoms with Crippen molar-refractivity contribution in [3.63, 3.8) is 0 Å². The molecule has 1 aliphatic heterocycles. The van der Waals surface area contributed by atoms with Gasteiger partial charge in [-0.3, -0.25) is 19.8 Å². The molecule has 0 unspecified atom stereocenters. The molecular weight excluding hydrogens is 370 g/mol. The molecule has 1 aliphatic rings. The number of benzene rings is 1. The molecule has 0 bridgehead atoms. The second-order valence-corrected chi connectivity index (χ2v) is 9.57. The molecule has 0 atom stereocenters. The van der Waals surface area contributed by atoms with Gasteiger partial charge < -0.3 is 0 Å². The fourth-order valence-corrected chi connectivity index (χ4v) is 3.99. The Hall–Kier alpha value is -2.05. The molecule has 5 nitrogen and oxygen atoms in total. The van der Waals surface area contributed by atoms with Gasteiger partial charge in [-0.2, -0.15) is 0 Å². The quantitative estimate of drug-likeness (QED) is 0.594. The molecule has 3 rings (SSSR count). The van der Waals surface area contributed by atoms with Crippen LogP contribution in [0.1, 0.15) is 62.2 Å². The van der Waals surface area contributed by atoms with E-state index in [0.29, 0.717) is 10.7 Å². The van der Waals surface area contributed by atoms with Gasteiger partial charge in [0.05, 0.1) is 5.69 Å². The smallest absolute Gasteiger partial charge is 0.297 e. The summed E-state index contributed by atoms with van der Waals surface area (Å²) in [6.45, 7) is 11.6. The summed E-state index contributed by atoms with van der Waals surface area (Å²) in [5.41, 5.74) is 2.47. The number of hydrogen-bond acceptors (Lipinski definition) is 5. The van der Waals surface area contributed by atoms with Crippen molar-refractivity contribution in [1.82, 2.24) is 9.88 Å². The molecule has 1 amide bonds. The Kier molecular flexibility index (Phi) is 6.30. The lowest BCUT2D eigenvalue weighted by atomic mass is 9.86. The minimum atomic E-state index is -0.642. The number of thiazole rings is 1. The minimum Gasteiger partial charge on any atom is -0.297 e. The number of nitrogens with one attached hydrogen (secondary N) is 1. The average molecular weight is 400 g/mol. The van der Waals surface area contributed by atoms with Gasteiger partial charge in [-0.15, -0.1) is 11.3 Å². The van der Waals surface area contributed by atoms with Gasteiger partial charge in [-0.05, 0) is 42.8 Å². The molecular formula is C22H29N3O2S. The standard InChI is InChI=1S/C22H29N3O2S/c1-15-9-11-25(12-10-15)13-18-14-28-21(23-18)24-20(27)19(26)16-5-7-17(8-6-16)22(2,3)4/h5-8,14-15H,9-13H2,1-4H3,(H,23,24,27). The van der Waals surface area contributed by atoms with E-state index in [1.807, 2.05) is 17.5 Å². The molecule has 0 aliphatic carbocycles. The van der Waals surface area contributed by atoms with E-state index in [-0.39, 0.29) is 5.41 Å². The third-order valence-corrected chi connectivity index (χ3v) is 6.06. The molecule has 1 aromatic carbocycles. The number of amides is 1. The van der Waals surface area contributed by atoms with E-state index in [2.05, 4.69) is 42.9 Å². The SMILES string of the molecule is CC1CCN(Cc2csc(NC(=O)C(=O)c3ccc(C(C)(C)C)cc3)n2)CC1. The maximum absolute atomic E-state index is 12.4. The fraction of sp³-hybridized carbons (Fsp3) is 0.500. The third-order valence-electron chi connectivity index (χ3n) is 5.25. The molecule has 2 aromatic rings. The van der Waals surface area contributed by atoms with Crippen LogP contribution in [-0.2, 0) is 16.8 Å². The molecule has 150 valence electrons. The fourth-order valence-electron chi connectivity index (χ4n) is 3.29. The van der Waals surface area contributed by atoms with E-state index in [0.717, 1.165) is 36.8 Å². The number of Topliss-reactive ketones (excluding diaryl/α,β-unsaturated/α-hetero) is 1. The third kappa shape index (κ3) is 5.26. The lowest BCUT2D eigenvalue weighted by Crippen LogP contribution is -2.32. The van der Waals surface area contributed by atoms with E-state index < -0.39 is 11.7 Å². The summed E-state index contributed by atoms with van der Waals surface area (Å²) >= 11 is 1.36.